The lowest BCUT2D eigenvalue weighted by atomic mass is 10.0. The zero-order chi connectivity index (χ0) is 22.2. The normalized spacial score (nSPS) is 22.7. The van der Waals surface area contributed by atoms with Crippen LogP contribution in [0, 0.1) is 5.92 Å². The fraction of sp³-hybridized carbons (Fsp3) is 0.440. The predicted octanol–water partition coefficient (Wildman–Crippen LogP) is 3.93. The van der Waals surface area contributed by atoms with Gasteiger partial charge >= 0.3 is 5.69 Å². The molecule has 1 aliphatic heterocycles. The maximum Gasteiger partial charge on any atom is 0.326 e. The van der Waals surface area contributed by atoms with E-state index in [1.165, 1.54) is 5.56 Å². The summed E-state index contributed by atoms with van der Waals surface area (Å²) in [4.78, 5) is 30.5. The molecule has 1 aromatic heterocycles. The number of rotatable bonds is 6. The van der Waals surface area contributed by atoms with E-state index < -0.39 is 0 Å². The summed E-state index contributed by atoms with van der Waals surface area (Å²) < 4.78 is 1.88. The molecule has 2 heterocycles. The second kappa shape index (κ2) is 8.75. The lowest BCUT2D eigenvalue weighted by Crippen LogP contribution is -2.45. The molecule has 3 atom stereocenters. The largest absolute Gasteiger partial charge is 0.352 e. The molecule has 2 N–H and O–H groups in total. The van der Waals surface area contributed by atoms with Crippen molar-refractivity contribution < 1.29 is 4.79 Å². The quantitative estimate of drug-likeness (QED) is 0.595. The number of nitrogens with one attached hydrogen (secondary N) is 2. The Balaban J connectivity index is 1.13. The van der Waals surface area contributed by atoms with E-state index in [9.17, 15) is 9.59 Å². The van der Waals surface area contributed by atoms with Crippen molar-refractivity contribution in [3.63, 3.8) is 0 Å². The van der Waals surface area contributed by atoms with Crippen molar-refractivity contribution in [2.75, 3.05) is 19.6 Å². The topological polar surface area (TPSA) is 70.1 Å². The smallest absolute Gasteiger partial charge is 0.326 e. The van der Waals surface area contributed by atoms with E-state index in [0.29, 0.717) is 10.9 Å². The molecule has 0 spiro atoms. The summed E-state index contributed by atoms with van der Waals surface area (Å²) in [7, 11) is 0. The van der Waals surface area contributed by atoms with Crippen molar-refractivity contribution in [1.82, 2.24) is 19.8 Å². The number of carbonyl (C=O) groups is 1. The van der Waals surface area contributed by atoms with Gasteiger partial charge in [0.05, 0.1) is 11.0 Å². The average molecular weight is 453 g/mol. The molecule has 0 bridgehead atoms. The number of amides is 1. The van der Waals surface area contributed by atoms with Crippen LogP contribution in [0.4, 0.5) is 0 Å². The van der Waals surface area contributed by atoms with Gasteiger partial charge < -0.3 is 15.2 Å². The van der Waals surface area contributed by atoms with Crippen LogP contribution in [0.2, 0.25) is 5.02 Å². The Kier molecular flexibility index (Phi) is 5.82. The molecular formula is C25H29ClN4O2. The number of imidazole rings is 1. The third-order valence-corrected chi connectivity index (χ3v) is 7.11. The molecule has 7 heteroatoms. The summed E-state index contributed by atoms with van der Waals surface area (Å²) in [6, 6.07) is 16.1. The molecule has 3 aromatic rings. The summed E-state index contributed by atoms with van der Waals surface area (Å²) in [5.74, 6) is 0.640. The number of piperidine rings is 1. The lowest BCUT2D eigenvalue weighted by Gasteiger charge is -2.34. The van der Waals surface area contributed by atoms with E-state index in [-0.39, 0.29) is 29.6 Å². The van der Waals surface area contributed by atoms with Crippen molar-refractivity contribution in [3.05, 3.63) is 69.6 Å². The van der Waals surface area contributed by atoms with E-state index in [1.807, 2.05) is 34.9 Å². The number of carbonyl (C=O) groups excluding carboxylic acids is 1. The third kappa shape index (κ3) is 4.34. The van der Waals surface area contributed by atoms with Crippen LogP contribution >= 0.6 is 11.6 Å². The fourth-order valence-electron chi connectivity index (χ4n) is 5.16. The van der Waals surface area contributed by atoms with Gasteiger partial charge in [0, 0.05) is 42.7 Å². The van der Waals surface area contributed by atoms with Gasteiger partial charge in [0.25, 0.3) is 0 Å². The molecule has 5 rings (SSSR count). The SMILES string of the molecule is C[C@@H](CN1CCC(n2c(=O)[nH]c3cc(Cl)ccc32)CC1)NC(=O)[C@H]1CC1c1ccccc1. The number of aromatic amines is 1. The van der Waals surface area contributed by atoms with E-state index >= 15 is 0 Å². The molecule has 1 aliphatic carbocycles. The van der Waals surface area contributed by atoms with Gasteiger partial charge in [-0.15, -0.1) is 0 Å². The van der Waals surface area contributed by atoms with Gasteiger partial charge in [0.1, 0.15) is 0 Å². The molecule has 32 heavy (non-hydrogen) atoms. The van der Waals surface area contributed by atoms with Crippen LogP contribution in [-0.4, -0.2) is 46.0 Å². The summed E-state index contributed by atoms with van der Waals surface area (Å²) in [6.07, 6.45) is 2.77. The third-order valence-electron chi connectivity index (χ3n) is 6.88. The number of hydrogen-bond acceptors (Lipinski definition) is 3. The Hall–Kier alpha value is -2.57. The number of nitrogens with zero attached hydrogens (tertiary/aromatic N) is 2. The molecule has 1 amide bonds. The van der Waals surface area contributed by atoms with Gasteiger partial charge in [0.2, 0.25) is 5.91 Å². The Morgan fingerprint density at radius 3 is 2.69 bits per heavy atom. The van der Waals surface area contributed by atoms with Gasteiger partial charge in [-0.3, -0.25) is 9.36 Å². The summed E-state index contributed by atoms with van der Waals surface area (Å²) >= 11 is 6.06. The standard InChI is InChI=1S/C25H29ClN4O2/c1-16(27-24(31)21-14-20(21)17-5-3-2-4-6-17)15-29-11-9-19(10-12-29)30-23-8-7-18(26)13-22(23)28-25(30)32/h2-8,13,16,19-21H,9-12,14-15H2,1H3,(H,27,31)(H,28,32)/t16-,20?,21-/m0/s1. The van der Waals surface area contributed by atoms with Gasteiger partial charge in [-0.25, -0.2) is 4.79 Å². The highest BCUT2D eigenvalue weighted by atomic mass is 35.5. The Labute approximate surface area is 192 Å². The average Bonchev–Trinajstić information content (AvgIpc) is 3.52. The van der Waals surface area contributed by atoms with Crippen molar-refractivity contribution in [3.8, 4) is 0 Å². The minimum Gasteiger partial charge on any atom is -0.352 e. The molecule has 0 radical (unpaired) electrons. The fourth-order valence-corrected chi connectivity index (χ4v) is 5.33. The first-order valence-electron chi connectivity index (χ1n) is 11.5. The molecule has 2 aromatic carbocycles. The number of H-pyrrole nitrogens is 1. The van der Waals surface area contributed by atoms with Crippen molar-refractivity contribution >= 4 is 28.5 Å². The number of hydrogen-bond donors (Lipinski definition) is 2. The van der Waals surface area contributed by atoms with Gasteiger partial charge in [-0.2, -0.15) is 0 Å². The van der Waals surface area contributed by atoms with E-state index in [0.717, 1.165) is 49.9 Å². The minimum atomic E-state index is -0.0706. The number of benzene rings is 2. The molecule has 2 fully saturated rings. The maximum absolute atomic E-state index is 12.7. The lowest BCUT2D eigenvalue weighted by molar-refractivity contribution is -0.123. The summed E-state index contributed by atoms with van der Waals surface area (Å²) in [5.41, 5.74) is 2.89. The number of likely N-dealkylation sites (tertiary alicyclic amines) is 1. The van der Waals surface area contributed by atoms with Crippen LogP contribution in [0.1, 0.15) is 43.7 Å². The minimum absolute atomic E-state index is 0.0706. The Morgan fingerprint density at radius 2 is 1.94 bits per heavy atom. The second-order valence-electron chi connectivity index (χ2n) is 9.26. The Morgan fingerprint density at radius 1 is 1.19 bits per heavy atom. The first-order chi connectivity index (χ1) is 15.5. The second-order valence-corrected chi connectivity index (χ2v) is 9.70. The van der Waals surface area contributed by atoms with E-state index in [1.54, 1.807) is 6.07 Å². The monoisotopic (exact) mass is 452 g/mol. The number of aromatic nitrogens is 2. The van der Waals surface area contributed by atoms with Crippen molar-refractivity contribution in [2.45, 2.75) is 44.2 Å². The highest BCUT2D eigenvalue weighted by Gasteiger charge is 2.44. The van der Waals surface area contributed by atoms with Crippen LogP contribution in [0.3, 0.4) is 0 Å². The van der Waals surface area contributed by atoms with Gasteiger partial charge in [-0.05, 0) is 55.9 Å². The van der Waals surface area contributed by atoms with Gasteiger partial charge in [-0.1, -0.05) is 41.9 Å². The molecule has 168 valence electrons. The van der Waals surface area contributed by atoms with E-state index in [4.69, 9.17) is 11.6 Å². The molecule has 1 unspecified atom stereocenters. The predicted molar refractivity (Wildman–Crippen MR) is 127 cm³/mol. The highest BCUT2D eigenvalue weighted by molar-refractivity contribution is 6.31. The molecule has 1 saturated carbocycles. The van der Waals surface area contributed by atoms with Crippen LogP contribution in [0.5, 0.6) is 0 Å². The van der Waals surface area contributed by atoms with Crippen LogP contribution in [0.25, 0.3) is 11.0 Å². The maximum atomic E-state index is 12.7. The molecule has 1 saturated heterocycles. The first-order valence-corrected chi connectivity index (χ1v) is 11.8. The molecular weight excluding hydrogens is 424 g/mol. The number of halogens is 1. The van der Waals surface area contributed by atoms with Crippen molar-refractivity contribution in [1.29, 1.82) is 0 Å². The number of fused-ring (bicyclic) bond motifs is 1. The zero-order valence-electron chi connectivity index (χ0n) is 18.3. The van der Waals surface area contributed by atoms with E-state index in [2.05, 4.69) is 34.3 Å². The molecule has 2 aliphatic rings. The Bertz CT molecular complexity index is 1160. The van der Waals surface area contributed by atoms with Gasteiger partial charge in [0.15, 0.2) is 0 Å². The van der Waals surface area contributed by atoms with Crippen molar-refractivity contribution in [2.24, 2.45) is 5.92 Å². The highest BCUT2D eigenvalue weighted by Crippen LogP contribution is 2.47. The first kappa shape index (κ1) is 21.3. The summed E-state index contributed by atoms with van der Waals surface area (Å²) in [5, 5.41) is 3.84. The van der Waals surface area contributed by atoms with Crippen LogP contribution in [0.15, 0.2) is 53.3 Å². The van der Waals surface area contributed by atoms with Crippen LogP contribution in [-0.2, 0) is 4.79 Å². The zero-order valence-corrected chi connectivity index (χ0v) is 19.0. The molecule has 6 nitrogen and oxygen atoms in total. The van der Waals surface area contributed by atoms with Crippen LogP contribution < -0.4 is 11.0 Å². The summed E-state index contributed by atoms with van der Waals surface area (Å²) in [6.45, 7) is 4.73.